The first-order valence-corrected chi connectivity index (χ1v) is 8.46. The number of hydrogen-bond acceptors (Lipinski definition) is 6. The lowest BCUT2D eigenvalue weighted by molar-refractivity contribution is -0.385. The average molecular weight is 433 g/mol. The van der Waals surface area contributed by atoms with Crippen molar-refractivity contribution < 1.29 is 24.4 Å². The highest BCUT2D eigenvalue weighted by atomic mass is 79.9. The minimum atomic E-state index is -0.676. The first-order valence-electron chi connectivity index (χ1n) is 7.67. The van der Waals surface area contributed by atoms with Gasteiger partial charge in [0.15, 0.2) is 5.75 Å². The number of nitrogens with zero attached hydrogens (tertiary/aromatic N) is 2. The van der Waals surface area contributed by atoms with E-state index in [0.29, 0.717) is 15.7 Å². The molecule has 0 radical (unpaired) electrons. The minimum Gasteiger partial charge on any atom is -0.506 e. The maximum absolute atomic E-state index is 12.8. The Morgan fingerprint density at radius 3 is 2.56 bits per heavy atom. The molecule has 1 aliphatic heterocycles. The summed E-state index contributed by atoms with van der Waals surface area (Å²) in [6.45, 7) is 1.25. The molecule has 0 unspecified atom stereocenters. The number of anilines is 1. The molecular formula is C18H13BrN2O6. The third kappa shape index (κ3) is 3.06. The van der Waals surface area contributed by atoms with Gasteiger partial charge in [0.05, 0.1) is 23.3 Å². The molecule has 27 heavy (non-hydrogen) atoms. The Morgan fingerprint density at radius 2 is 1.96 bits per heavy atom. The monoisotopic (exact) mass is 432 g/mol. The molecule has 2 aromatic carbocycles. The zero-order valence-corrected chi connectivity index (χ0v) is 15.8. The number of methoxy groups -OCH3 is 1. The zero-order valence-electron chi connectivity index (χ0n) is 14.2. The molecule has 0 fully saturated rings. The molecule has 0 bridgehead atoms. The average Bonchev–Trinajstić information content (AvgIpc) is 2.91. The Hall–Kier alpha value is -3.20. The van der Waals surface area contributed by atoms with Gasteiger partial charge in [-0.25, -0.2) is 4.90 Å². The van der Waals surface area contributed by atoms with Gasteiger partial charge in [0.25, 0.3) is 5.91 Å². The van der Waals surface area contributed by atoms with Crippen molar-refractivity contribution in [3.63, 3.8) is 0 Å². The molecule has 0 saturated carbocycles. The number of carbonyl (C=O) groups excluding carboxylic acids is 2. The van der Waals surface area contributed by atoms with Crippen LogP contribution in [0.5, 0.6) is 5.75 Å². The summed E-state index contributed by atoms with van der Waals surface area (Å²) in [5.41, 5.74) is 0.533. The van der Waals surface area contributed by atoms with Crippen LogP contribution >= 0.6 is 15.9 Å². The van der Waals surface area contributed by atoms with Crippen molar-refractivity contribution in [1.82, 2.24) is 0 Å². The fourth-order valence-corrected chi connectivity index (χ4v) is 3.26. The second kappa shape index (κ2) is 6.84. The maximum Gasteiger partial charge on any atom is 0.310 e. The molecule has 9 heteroatoms. The van der Waals surface area contributed by atoms with Crippen LogP contribution in [0.2, 0.25) is 0 Å². The number of rotatable bonds is 3. The Morgan fingerprint density at radius 1 is 1.26 bits per heavy atom. The lowest BCUT2D eigenvalue weighted by Gasteiger charge is -2.12. The largest absolute Gasteiger partial charge is 0.506 e. The number of fused-ring (bicyclic) bond motifs is 1. The van der Waals surface area contributed by atoms with Crippen molar-refractivity contribution in [2.75, 3.05) is 12.0 Å². The quantitative estimate of drug-likeness (QED) is 0.342. The first-order chi connectivity index (χ1) is 12.8. The van der Waals surface area contributed by atoms with Gasteiger partial charge in [-0.15, -0.1) is 0 Å². The van der Waals surface area contributed by atoms with Crippen molar-refractivity contribution >= 4 is 50.5 Å². The van der Waals surface area contributed by atoms with Crippen LogP contribution in [-0.2, 0) is 9.59 Å². The van der Waals surface area contributed by atoms with Crippen LogP contribution in [0.1, 0.15) is 18.1 Å². The summed E-state index contributed by atoms with van der Waals surface area (Å²) < 4.78 is 5.66. The van der Waals surface area contributed by atoms with Crippen LogP contribution in [0.25, 0.3) is 11.3 Å². The molecule has 1 heterocycles. The SMILES string of the molecule is COc1cc(/C(O)=C2/C(=O)N(C(C)=O)c3ccc(Br)cc32)ccc1[N+](=O)[O-]. The van der Waals surface area contributed by atoms with Gasteiger partial charge in [-0.05, 0) is 30.3 Å². The number of hydrogen-bond donors (Lipinski definition) is 1. The molecule has 0 aromatic heterocycles. The molecule has 3 rings (SSSR count). The Kier molecular flexibility index (Phi) is 4.71. The number of aliphatic hydroxyl groups is 1. The van der Waals surface area contributed by atoms with Gasteiger partial charge in [-0.1, -0.05) is 15.9 Å². The summed E-state index contributed by atoms with van der Waals surface area (Å²) >= 11 is 3.31. The van der Waals surface area contributed by atoms with Gasteiger partial charge in [-0.2, -0.15) is 0 Å². The molecular weight excluding hydrogens is 420 g/mol. The molecule has 0 atom stereocenters. The predicted octanol–water partition coefficient (Wildman–Crippen LogP) is 3.69. The number of amides is 2. The summed E-state index contributed by atoms with van der Waals surface area (Å²) in [5.74, 6) is -1.64. The van der Waals surface area contributed by atoms with E-state index < -0.39 is 22.5 Å². The van der Waals surface area contributed by atoms with E-state index in [2.05, 4.69) is 15.9 Å². The number of ether oxygens (including phenoxy) is 1. The van der Waals surface area contributed by atoms with E-state index >= 15 is 0 Å². The van der Waals surface area contributed by atoms with Crippen molar-refractivity contribution in [3.05, 3.63) is 62.1 Å². The molecule has 1 aliphatic rings. The van der Waals surface area contributed by atoms with Crippen molar-refractivity contribution in [1.29, 1.82) is 0 Å². The zero-order chi connectivity index (χ0) is 19.9. The number of nitro groups is 1. The Bertz CT molecular complexity index is 1030. The minimum absolute atomic E-state index is 0.0621. The summed E-state index contributed by atoms with van der Waals surface area (Å²) in [6.07, 6.45) is 0. The van der Waals surface area contributed by atoms with E-state index in [9.17, 15) is 24.8 Å². The van der Waals surface area contributed by atoms with Crippen LogP contribution in [-0.4, -0.2) is 29.0 Å². The number of carbonyl (C=O) groups is 2. The predicted molar refractivity (Wildman–Crippen MR) is 101 cm³/mol. The highest BCUT2D eigenvalue weighted by Crippen LogP contribution is 2.42. The normalized spacial score (nSPS) is 14.8. The smallest absolute Gasteiger partial charge is 0.310 e. The van der Waals surface area contributed by atoms with Crippen LogP contribution in [0.15, 0.2) is 40.9 Å². The Labute approximate surface area is 161 Å². The van der Waals surface area contributed by atoms with E-state index in [4.69, 9.17) is 4.74 Å². The first kappa shape index (κ1) is 18.6. The third-order valence-electron chi connectivity index (χ3n) is 4.09. The lowest BCUT2D eigenvalue weighted by atomic mass is 10.0. The van der Waals surface area contributed by atoms with Gasteiger partial charge in [0.1, 0.15) is 5.76 Å². The van der Waals surface area contributed by atoms with Crippen molar-refractivity contribution in [2.45, 2.75) is 6.92 Å². The van der Waals surface area contributed by atoms with Crippen LogP contribution < -0.4 is 9.64 Å². The topological polar surface area (TPSA) is 110 Å². The molecule has 2 amide bonds. The number of aliphatic hydroxyl groups excluding tert-OH is 1. The second-order valence-corrected chi connectivity index (χ2v) is 6.60. The fourth-order valence-electron chi connectivity index (χ4n) is 2.90. The standard InChI is InChI=1S/C18H13BrN2O6/c1-9(22)20-13-6-4-11(19)8-12(13)16(18(20)24)17(23)10-3-5-14(21(25)26)15(7-10)27-2/h3-8,23H,1-2H3/b17-16-. The lowest BCUT2D eigenvalue weighted by Crippen LogP contribution is -2.31. The fraction of sp³-hybridized carbons (Fsp3) is 0.111. The number of benzene rings is 2. The number of imide groups is 1. The van der Waals surface area contributed by atoms with E-state index in [1.54, 1.807) is 18.2 Å². The second-order valence-electron chi connectivity index (χ2n) is 5.69. The molecule has 1 N–H and O–H groups in total. The van der Waals surface area contributed by atoms with Crippen LogP contribution in [0.4, 0.5) is 11.4 Å². The van der Waals surface area contributed by atoms with Crippen LogP contribution in [0.3, 0.4) is 0 Å². The Balaban J connectivity index is 2.24. The molecule has 0 saturated heterocycles. The summed E-state index contributed by atoms with van der Waals surface area (Å²) in [7, 11) is 1.26. The van der Waals surface area contributed by atoms with E-state index in [1.165, 1.54) is 32.2 Å². The molecule has 8 nitrogen and oxygen atoms in total. The molecule has 2 aromatic rings. The van der Waals surface area contributed by atoms with Crippen molar-refractivity contribution in [3.8, 4) is 5.75 Å². The van der Waals surface area contributed by atoms with Crippen LogP contribution in [0, 0.1) is 10.1 Å². The van der Waals surface area contributed by atoms with Gasteiger partial charge in [-0.3, -0.25) is 19.7 Å². The number of halogens is 1. The summed E-state index contributed by atoms with van der Waals surface area (Å²) in [5, 5.41) is 21.8. The molecule has 0 spiro atoms. The molecule has 138 valence electrons. The highest BCUT2D eigenvalue weighted by molar-refractivity contribution is 9.10. The van der Waals surface area contributed by atoms with Crippen molar-refractivity contribution in [2.24, 2.45) is 0 Å². The van der Waals surface area contributed by atoms with Gasteiger partial charge in [0.2, 0.25) is 5.91 Å². The third-order valence-corrected chi connectivity index (χ3v) is 4.58. The summed E-state index contributed by atoms with van der Waals surface area (Å²) in [4.78, 5) is 36.1. The van der Waals surface area contributed by atoms with E-state index in [1.807, 2.05) is 0 Å². The maximum atomic E-state index is 12.8. The van der Waals surface area contributed by atoms with E-state index in [0.717, 1.165) is 4.90 Å². The highest BCUT2D eigenvalue weighted by Gasteiger charge is 2.38. The van der Waals surface area contributed by atoms with Gasteiger partial charge >= 0.3 is 5.69 Å². The summed E-state index contributed by atoms with van der Waals surface area (Å²) in [6, 6.07) is 8.64. The van der Waals surface area contributed by atoms with Gasteiger partial charge < -0.3 is 9.84 Å². The molecule has 0 aliphatic carbocycles. The number of nitro benzene ring substituents is 1. The van der Waals surface area contributed by atoms with E-state index in [-0.39, 0.29) is 22.6 Å². The van der Waals surface area contributed by atoms with Gasteiger partial charge in [0, 0.05) is 28.6 Å².